The van der Waals surface area contributed by atoms with E-state index in [1.54, 1.807) is 0 Å². The molecule has 5 nitrogen and oxygen atoms in total. The lowest BCUT2D eigenvalue weighted by Crippen LogP contribution is -2.32. The van der Waals surface area contributed by atoms with Crippen LogP contribution in [0.1, 0.15) is 38.0 Å². The van der Waals surface area contributed by atoms with Crippen LogP contribution in [0.3, 0.4) is 0 Å². The highest BCUT2D eigenvalue weighted by atomic mass is 79.9. The molecule has 18 heavy (non-hydrogen) atoms. The number of rotatable bonds is 2. The molecule has 0 unspecified atom stereocenters. The van der Waals surface area contributed by atoms with Crippen LogP contribution in [0, 0.1) is 13.8 Å². The number of carbonyl (C=O) groups excluding carboxylic acids is 1. The molecule has 0 aliphatic rings. The van der Waals surface area contributed by atoms with Crippen LogP contribution in [0.5, 0.6) is 0 Å². The van der Waals surface area contributed by atoms with Crippen molar-refractivity contribution in [2.24, 2.45) is 0 Å². The number of hydrogen-bond acceptors (Lipinski definition) is 4. The number of nitrogens with one attached hydrogen (secondary N) is 1. The van der Waals surface area contributed by atoms with E-state index < -0.39 is 11.7 Å². The molecule has 0 spiro atoms. The fourth-order valence-electron chi connectivity index (χ4n) is 1.32. The minimum atomic E-state index is -0.503. The maximum atomic E-state index is 11.5. The second-order valence-electron chi connectivity index (χ2n) is 4.98. The van der Waals surface area contributed by atoms with E-state index in [4.69, 9.17) is 4.74 Å². The molecule has 1 heterocycles. The smallest absolute Gasteiger partial charge is 0.408 e. The SMILES string of the molecule is Cc1nc(CNC(=O)OC(C)(C)C)nc(C)c1Br. The van der Waals surface area contributed by atoms with Crippen LogP contribution >= 0.6 is 15.9 Å². The monoisotopic (exact) mass is 315 g/mol. The van der Waals surface area contributed by atoms with E-state index in [0.29, 0.717) is 5.82 Å². The van der Waals surface area contributed by atoms with E-state index in [1.807, 2.05) is 34.6 Å². The van der Waals surface area contributed by atoms with Crippen molar-refractivity contribution in [2.45, 2.75) is 46.8 Å². The zero-order valence-electron chi connectivity index (χ0n) is 11.3. The number of ether oxygens (including phenoxy) is 1. The molecule has 0 saturated carbocycles. The third-order valence-corrected chi connectivity index (χ3v) is 3.17. The lowest BCUT2D eigenvalue weighted by Gasteiger charge is -2.19. The molecule has 0 fully saturated rings. The van der Waals surface area contributed by atoms with Gasteiger partial charge in [0.25, 0.3) is 0 Å². The van der Waals surface area contributed by atoms with Crippen LogP contribution < -0.4 is 5.32 Å². The molecule has 1 amide bonds. The van der Waals surface area contributed by atoms with E-state index in [-0.39, 0.29) is 6.54 Å². The Labute approximate surface area is 115 Å². The Balaban J connectivity index is 2.62. The number of carbonyl (C=O) groups is 1. The molecule has 0 aliphatic carbocycles. The summed E-state index contributed by atoms with van der Waals surface area (Å²) < 4.78 is 6.02. The number of alkyl carbamates (subject to hydrolysis) is 1. The molecule has 1 aromatic heterocycles. The molecule has 1 N–H and O–H groups in total. The van der Waals surface area contributed by atoms with Crippen LogP contribution in [0.15, 0.2) is 4.47 Å². The molecule has 0 radical (unpaired) electrons. The van der Waals surface area contributed by atoms with Crippen molar-refractivity contribution in [3.63, 3.8) is 0 Å². The second kappa shape index (κ2) is 5.65. The van der Waals surface area contributed by atoms with Crippen molar-refractivity contribution in [1.29, 1.82) is 0 Å². The average Bonchev–Trinajstić information content (AvgIpc) is 2.20. The van der Waals surface area contributed by atoms with Crippen LogP contribution in [0.25, 0.3) is 0 Å². The Kier molecular flexibility index (Phi) is 4.67. The quantitative estimate of drug-likeness (QED) is 0.911. The van der Waals surface area contributed by atoms with Crippen molar-refractivity contribution < 1.29 is 9.53 Å². The standard InChI is InChI=1S/C12H18BrN3O2/c1-7-10(13)8(2)16-9(15-7)6-14-11(17)18-12(3,4)5/h6H2,1-5H3,(H,14,17). The van der Waals surface area contributed by atoms with Gasteiger partial charge >= 0.3 is 6.09 Å². The molecular weight excluding hydrogens is 298 g/mol. The first-order valence-electron chi connectivity index (χ1n) is 5.65. The minimum absolute atomic E-state index is 0.254. The molecule has 0 saturated heterocycles. The van der Waals surface area contributed by atoms with Crippen molar-refractivity contribution in [2.75, 3.05) is 0 Å². The Morgan fingerprint density at radius 2 is 1.78 bits per heavy atom. The van der Waals surface area contributed by atoms with E-state index in [1.165, 1.54) is 0 Å². The summed E-state index contributed by atoms with van der Waals surface area (Å²) in [5.41, 5.74) is 1.20. The van der Waals surface area contributed by atoms with Gasteiger partial charge in [-0.05, 0) is 50.5 Å². The topological polar surface area (TPSA) is 64.1 Å². The van der Waals surface area contributed by atoms with Gasteiger partial charge in [0, 0.05) is 0 Å². The van der Waals surface area contributed by atoms with Crippen LogP contribution in [-0.2, 0) is 11.3 Å². The summed E-state index contributed by atoms with van der Waals surface area (Å²) in [6.45, 7) is 9.47. The second-order valence-corrected chi connectivity index (χ2v) is 5.77. The van der Waals surface area contributed by atoms with E-state index >= 15 is 0 Å². The Morgan fingerprint density at radius 3 is 2.22 bits per heavy atom. The van der Waals surface area contributed by atoms with Gasteiger partial charge in [-0.25, -0.2) is 14.8 Å². The lowest BCUT2D eigenvalue weighted by atomic mass is 10.2. The molecular formula is C12H18BrN3O2. The number of amides is 1. The zero-order chi connectivity index (χ0) is 13.9. The number of hydrogen-bond donors (Lipinski definition) is 1. The largest absolute Gasteiger partial charge is 0.444 e. The molecule has 0 aromatic carbocycles. The van der Waals surface area contributed by atoms with Crippen LogP contribution in [0.2, 0.25) is 0 Å². The Hall–Kier alpha value is -1.17. The molecule has 0 atom stereocenters. The molecule has 100 valence electrons. The summed E-state index contributed by atoms with van der Waals surface area (Å²) in [5.74, 6) is 0.569. The summed E-state index contributed by atoms with van der Waals surface area (Å²) in [6, 6.07) is 0. The van der Waals surface area contributed by atoms with Crippen molar-refractivity contribution in [1.82, 2.24) is 15.3 Å². The van der Waals surface area contributed by atoms with E-state index in [2.05, 4.69) is 31.2 Å². The highest BCUT2D eigenvalue weighted by molar-refractivity contribution is 9.10. The van der Waals surface area contributed by atoms with Gasteiger partial charge in [-0.2, -0.15) is 0 Å². The third-order valence-electron chi connectivity index (χ3n) is 2.02. The third kappa shape index (κ3) is 4.60. The summed E-state index contributed by atoms with van der Waals surface area (Å²) >= 11 is 3.40. The first-order valence-corrected chi connectivity index (χ1v) is 6.45. The fourth-order valence-corrected chi connectivity index (χ4v) is 1.49. The lowest BCUT2D eigenvalue weighted by molar-refractivity contribution is 0.0522. The number of aryl methyl sites for hydroxylation is 2. The van der Waals surface area contributed by atoms with Gasteiger partial charge in [-0.1, -0.05) is 0 Å². The van der Waals surface area contributed by atoms with Gasteiger partial charge in [0.2, 0.25) is 0 Å². The summed E-state index contributed by atoms with van der Waals surface area (Å²) in [6.07, 6.45) is -0.468. The van der Waals surface area contributed by atoms with Crippen molar-refractivity contribution >= 4 is 22.0 Å². The molecule has 0 aliphatic heterocycles. The summed E-state index contributed by atoms with van der Waals surface area (Å²) in [5, 5.41) is 2.63. The van der Waals surface area contributed by atoms with Crippen LogP contribution in [0.4, 0.5) is 4.79 Å². The maximum absolute atomic E-state index is 11.5. The van der Waals surface area contributed by atoms with Gasteiger partial charge in [0.15, 0.2) is 0 Å². The summed E-state index contributed by atoms with van der Waals surface area (Å²) in [7, 11) is 0. The highest BCUT2D eigenvalue weighted by Gasteiger charge is 2.16. The van der Waals surface area contributed by atoms with Gasteiger partial charge in [0.1, 0.15) is 11.4 Å². The number of aromatic nitrogens is 2. The number of nitrogens with zero attached hydrogens (tertiary/aromatic N) is 2. The van der Waals surface area contributed by atoms with Crippen molar-refractivity contribution in [3.05, 3.63) is 21.7 Å². The molecule has 1 aromatic rings. The van der Waals surface area contributed by atoms with Gasteiger partial charge < -0.3 is 10.1 Å². The zero-order valence-corrected chi connectivity index (χ0v) is 12.9. The average molecular weight is 316 g/mol. The predicted octanol–water partition coefficient (Wildman–Crippen LogP) is 2.88. The fraction of sp³-hybridized carbons (Fsp3) is 0.583. The highest BCUT2D eigenvalue weighted by Crippen LogP contribution is 2.17. The summed E-state index contributed by atoms with van der Waals surface area (Å²) in [4.78, 5) is 20.0. The first-order chi connectivity index (χ1) is 8.19. The van der Waals surface area contributed by atoms with Gasteiger partial charge in [-0.3, -0.25) is 0 Å². The molecule has 0 bridgehead atoms. The minimum Gasteiger partial charge on any atom is -0.444 e. The molecule has 1 rings (SSSR count). The van der Waals surface area contributed by atoms with Gasteiger partial charge in [0.05, 0.1) is 22.4 Å². The maximum Gasteiger partial charge on any atom is 0.408 e. The first kappa shape index (κ1) is 14.9. The Bertz CT molecular complexity index is 432. The normalized spacial score (nSPS) is 11.2. The van der Waals surface area contributed by atoms with Gasteiger partial charge in [-0.15, -0.1) is 0 Å². The van der Waals surface area contributed by atoms with Crippen LogP contribution in [-0.4, -0.2) is 21.7 Å². The van der Waals surface area contributed by atoms with E-state index in [9.17, 15) is 4.79 Å². The van der Waals surface area contributed by atoms with Crippen molar-refractivity contribution in [3.8, 4) is 0 Å². The Morgan fingerprint density at radius 1 is 1.28 bits per heavy atom. The molecule has 6 heteroatoms. The number of halogens is 1. The van der Waals surface area contributed by atoms with E-state index in [0.717, 1.165) is 15.9 Å². The predicted molar refractivity (Wildman–Crippen MR) is 72.3 cm³/mol.